The minimum atomic E-state index is -0.375. The molecule has 0 unspecified atom stereocenters. The predicted molar refractivity (Wildman–Crippen MR) is 120 cm³/mol. The number of methoxy groups -OCH3 is 1. The van der Waals surface area contributed by atoms with Gasteiger partial charge in [-0.25, -0.2) is 4.79 Å². The van der Waals surface area contributed by atoms with E-state index in [0.717, 1.165) is 35.3 Å². The number of nitrogens with zero attached hydrogens (tertiary/aromatic N) is 2. The average molecular weight is 436 g/mol. The van der Waals surface area contributed by atoms with Crippen LogP contribution in [0.25, 0.3) is 0 Å². The number of unbranched alkanes of at least 4 members (excludes halogenated alkanes) is 2. The van der Waals surface area contributed by atoms with E-state index < -0.39 is 0 Å². The Morgan fingerprint density at radius 2 is 1.88 bits per heavy atom. The van der Waals surface area contributed by atoms with E-state index in [4.69, 9.17) is 4.74 Å². The number of urea groups is 1. The van der Waals surface area contributed by atoms with E-state index in [1.807, 2.05) is 48.5 Å². The van der Waals surface area contributed by atoms with Gasteiger partial charge in [0.25, 0.3) is 5.91 Å². The van der Waals surface area contributed by atoms with Gasteiger partial charge in [0.1, 0.15) is 11.8 Å². The summed E-state index contributed by atoms with van der Waals surface area (Å²) in [5.74, 6) is 0.666. The highest BCUT2D eigenvalue weighted by Crippen LogP contribution is 2.30. The van der Waals surface area contributed by atoms with Crippen molar-refractivity contribution in [2.75, 3.05) is 13.7 Å². The third-order valence-corrected chi connectivity index (χ3v) is 6.19. The van der Waals surface area contributed by atoms with Gasteiger partial charge in [0.2, 0.25) is 5.91 Å². The maximum atomic E-state index is 12.8. The van der Waals surface area contributed by atoms with Gasteiger partial charge in [-0.1, -0.05) is 42.8 Å². The number of benzene rings is 2. The Balaban J connectivity index is 1.17. The first-order valence-electron chi connectivity index (χ1n) is 11.1. The highest BCUT2D eigenvalue weighted by Gasteiger charge is 2.46. The third kappa shape index (κ3) is 4.77. The minimum Gasteiger partial charge on any atom is -0.497 e. The SMILES string of the molecule is COc1cccc(CNC(=O)CCCCCN2C(=O)[C@@H]3Cc4ccccc4CN3C2=O)c1. The highest BCUT2D eigenvalue weighted by atomic mass is 16.5. The largest absolute Gasteiger partial charge is 0.497 e. The molecule has 2 heterocycles. The zero-order valence-corrected chi connectivity index (χ0v) is 18.4. The van der Waals surface area contributed by atoms with Gasteiger partial charge in [-0.3, -0.25) is 14.5 Å². The quantitative estimate of drug-likeness (QED) is 0.484. The predicted octanol–water partition coefficient (Wildman–Crippen LogP) is 3.26. The number of rotatable bonds is 9. The van der Waals surface area contributed by atoms with Crippen LogP contribution in [0.3, 0.4) is 0 Å². The molecule has 2 aliphatic rings. The number of hydrogen-bond donors (Lipinski definition) is 1. The average Bonchev–Trinajstić information content (AvgIpc) is 3.05. The number of carbonyl (C=O) groups excluding carboxylic acids is 3. The second-order valence-corrected chi connectivity index (χ2v) is 8.33. The molecule has 0 aromatic heterocycles. The first-order chi connectivity index (χ1) is 15.6. The van der Waals surface area contributed by atoms with Gasteiger partial charge in [0, 0.05) is 32.5 Å². The van der Waals surface area contributed by atoms with Crippen LogP contribution in [0.15, 0.2) is 48.5 Å². The van der Waals surface area contributed by atoms with Crippen molar-refractivity contribution in [2.45, 2.75) is 51.2 Å². The lowest BCUT2D eigenvalue weighted by Gasteiger charge is -2.28. The van der Waals surface area contributed by atoms with Crippen molar-refractivity contribution in [1.82, 2.24) is 15.1 Å². The molecular weight excluding hydrogens is 406 g/mol. The molecule has 2 aliphatic heterocycles. The van der Waals surface area contributed by atoms with Crippen LogP contribution in [-0.2, 0) is 29.1 Å². The summed E-state index contributed by atoms with van der Waals surface area (Å²) in [4.78, 5) is 40.7. The number of amides is 4. The molecule has 0 bridgehead atoms. The Bertz CT molecular complexity index is 963. The molecule has 0 spiro atoms. The minimum absolute atomic E-state index is 0.00367. The number of hydrogen-bond acceptors (Lipinski definition) is 4. The monoisotopic (exact) mass is 435 g/mol. The topological polar surface area (TPSA) is 79.0 Å². The molecule has 2 aromatic carbocycles. The summed E-state index contributed by atoms with van der Waals surface area (Å²) >= 11 is 0. The van der Waals surface area contributed by atoms with Crippen molar-refractivity contribution in [3.63, 3.8) is 0 Å². The van der Waals surface area contributed by atoms with Crippen LogP contribution >= 0.6 is 0 Å². The number of imide groups is 1. The fourth-order valence-electron chi connectivity index (χ4n) is 4.38. The molecule has 2 aromatic rings. The van der Waals surface area contributed by atoms with Crippen molar-refractivity contribution in [2.24, 2.45) is 0 Å². The van der Waals surface area contributed by atoms with Gasteiger partial charge in [0.15, 0.2) is 0 Å². The summed E-state index contributed by atoms with van der Waals surface area (Å²) < 4.78 is 5.19. The molecule has 1 atom stereocenters. The van der Waals surface area contributed by atoms with Crippen LogP contribution in [-0.4, -0.2) is 47.3 Å². The summed E-state index contributed by atoms with van der Waals surface area (Å²) in [5, 5.41) is 2.92. The lowest BCUT2D eigenvalue weighted by atomic mass is 9.95. The number of fused-ring (bicyclic) bond motifs is 2. The third-order valence-electron chi connectivity index (χ3n) is 6.19. The molecule has 7 heteroatoms. The molecular formula is C25H29N3O4. The normalized spacial score (nSPS) is 17.2. The maximum Gasteiger partial charge on any atom is 0.327 e. The Morgan fingerprint density at radius 1 is 1.06 bits per heavy atom. The standard InChI is InChI=1S/C25H29N3O4/c1-32-21-11-7-8-18(14-21)16-26-23(29)12-3-2-6-13-27-24(30)22-15-19-9-4-5-10-20(19)17-28(22)25(27)31/h4-5,7-11,14,22H,2-3,6,12-13,15-17H2,1H3,(H,26,29)/t22-/m0/s1. The van der Waals surface area contributed by atoms with Crippen LogP contribution in [0.2, 0.25) is 0 Å². The molecule has 1 saturated heterocycles. The molecule has 0 radical (unpaired) electrons. The van der Waals surface area contributed by atoms with Crippen molar-refractivity contribution in [1.29, 1.82) is 0 Å². The van der Waals surface area contributed by atoms with Crippen molar-refractivity contribution in [3.05, 3.63) is 65.2 Å². The summed E-state index contributed by atoms with van der Waals surface area (Å²) in [6.45, 7) is 1.37. The summed E-state index contributed by atoms with van der Waals surface area (Å²) in [5.41, 5.74) is 3.26. The van der Waals surface area contributed by atoms with Gasteiger partial charge in [-0.2, -0.15) is 0 Å². The molecule has 0 aliphatic carbocycles. The van der Waals surface area contributed by atoms with Crippen molar-refractivity contribution < 1.29 is 19.1 Å². The maximum absolute atomic E-state index is 12.8. The smallest absolute Gasteiger partial charge is 0.327 e. The summed E-state index contributed by atoms with van der Waals surface area (Å²) in [6.07, 6.45) is 3.22. The first kappa shape index (κ1) is 21.9. The van der Waals surface area contributed by atoms with Gasteiger partial charge in [-0.15, -0.1) is 0 Å². The lowest BCUT2D eigenvalue weighted by Crippen LogP contribution is -2.39. The van der Waals surface area contributed by atoms with E-state index in [1.165, 1.54) is 4.90 Å². The van der Waals surface area contributed by atoms with E-state index >= 15 is 0 Å². The Kier molecular flexibility index (Phi) is 6.73. The van der Waals surface area contributed by atoms with E-state index in [1.54, 1.807) is 12.0 Å². The molecule has 4 amide bonds. The van der Waals surface area contributed by atoms with Crippen molar-refractivity contribution in [3.8, 4) is 5.75 Å². The fraction of sp³-hybridized carbons (Fsp3) is 0.400. The lowest BCUT2D eigenvalue weighted by molar-refractivity contribution is -0.128. The molecule has 4 rings (SSSR count). The molecule has 7 nitrogen and oxygen atoms in total. The second-order valence-electron chi connectivity index (χ2n) is 8.33. The van der Waals surface area contributed by atoms with Gasteiger partial charge >= 0.3 is 6.03 Å². The van der Waals surface area contributed by atoms with Gasteiger partial charge in [0.05, 0.1) is 7.11 Å². The zero-order valence-electron chi connectivity index (χ0n) is 18.4. The Hall–Kier alpha value is -3.35. The van der Waals surface area contributed by atoms with Gasteiger partial charge < -0.3 is 15.0 Å². The van der Waals surface area contributed by atoms with Gasteiger partial charge in [-0.05, 0) is 41.7 Å². The molecule has 32 heavy (non-hydrogen) atoms. The van der Waals surface area contributed by atoms with E-state index in [-0.39, 0.29) is 23.9 Å². The zero-order chi connectivity index (χ0) is 22.5. The highest BCUT2D eigenvalue weighted by molar-refractivity contribution is 6.04. The summed E-state index contributed by atoms with van der Waals surface area (Å²) in [6, 6.07) is 15.0. The first-order valence-corrected chi connectivity index (χ1v) is 11.1. The number of nitrogens with one attached hydrogen (secondary N) is 1. The molecule has 1 N–H and O–H groups in total. The van der Waals surface area contributed by atoms with Crippen LogP contribution in [0.4, 0.5) is 4.79 Å². The molecule has 0 saturated carbocycles. The molecule has 168 valence electrons. The number of ether oxygens (including phenoxy) is 1. The van der Waals surface area contributed by atoms with Crippen molar-refractivity contribution >= 4 is 17.8 Å². The fourth-order valence-corrected chi connectivity index (χ4v) is 4.38. The molecule has 1 fully saturated rings. The van der Waals surface area contributed by atoms with Crippen LogP contribution in [0.5, 0.6) is 5.75 Å². The van der Waals surface area contributed by atoms with Crippen LogP contribution in [0, 0.1) is 0 Å². The summed E-state index contributed by atoms with van der Waals surface area (Å²) in [7, 11) is 1.62. The van der Waals surface area contributed by atoms with Crippen LogP contribution in [0.1, 0.15) is 42.4 Å². The van der Waals surface area contributed by atoms with E-state index in [0.29, 0.717) is 38.9 Å². The van der Waals surface area contributed by atoms with E-state index in [9.17, 15) is 14.4 Å². The second kappa shape index (κ2) is 9.85. The number of carbonyl (C=O) groups is 3. The Labute approximate surface area is 188 Å². The Morgan fingerprint density at radius 3 is 2.69 bits per heavy atom. The van der Waals surface area contributed by atoms with E-state index in [2.05, 4.69) is 5.32 Å². The van der Waals surface area contributed by atoms with Crippen LogP contribution < -0.4 is 10.1 Å².